The number of nitrogens with one attached hydrogen (secondary N) is 1. The fourth-order valence-electron chi connectivity index (χ4n) is 2.60. The molecule has 0 amide bonds. The van der Waals surface area contributed by atoms with Gasteiger partial charge in [-0.2, -0.15) is 8.93 Å². The fourth-order valence-corrected chi connectivity index (χ4v) is 3.51. The first-order valence-corrected chi connectivity index (χ1v) is 9.69. The summed E-state index contributed by atoms with van der Waals surface area (Å²) in [6, 6.07) is 6.11. The van der Waals surface area contributed by atoms with Crippen molar-refractivity contribution in [3.8, 4) is 5.75 Å². The van der Waals surface area contributed by atoms with Gasteiger partial charge in [0.1, 0.15) is 11.8 Å². The highest BCUT2D eigenvalue weighted by Gasteiger charge is 2.41. The van der Waals surface area contributed by atoms with E-state index >= 15 is 0 Å². The zero-order chi connectivity index (χ0) is 19.2. The molecule has 1 fully saturated rings. The van der Waals surface area contributed by atoms with Gasteiger partial charge in [-0.05, 0) is 52.2 Å². The summed E-state index contributed by atoms with van der Waals surface area (Å²) in [6.45, 7) is 6.02. The number of benzene rings is 1. The van der Waals surface area contributed by atoms with Gasteiger partial charge in [0, 0.05) is 6.61 Å². The Bertz CT molecular complexity index is 613. The Labute approximate surface area is 157 Å². The molecule has 1 heterocycles. The molecule has 1 aromatic carbocycles. The number of ether oxygens (including phenoxy) is 3. The smallest absolute Gasteiger partial charge is 0.326 e. The van der Waals surface area contributed by atoms with Crippen molar-refractivity contribution in [2.45, 2.75) is 58.0 Å². The molecule has 3 unspecified atom stereocenters. The van der Waals surface area contributed by atoms with Crippen molar-refractivity contribution in [2.24, 2.45) is 0 Å². The number of aryl methyl sites for hydroxylation is 1. The normalized spacial score (nSPS) is 20.2. The number of hydrogen-bond donors (Lipinski definition) is 1. The van der Waals surface area contributed by atoms with Gasteiger partial charge in [0.2, 0.25) is 0 Å². The van der Waals surface area contributed by atoms with E-state index in [4.69, 9.17) is 18.4 Å². The highest BCUT2D eigenvalue weighted by atomic mass is 32.2. The van der Waals surface area contributed by atoms with E-state index in [1.807, 2.05) is 19.1 Å². The van der Waals surface area contributed by atoms with E-state index in [9.17, 15) is 9.00 Å². The first-order chi connectivity index (χ1) is 12.3. The van der Waals surface area contributed by atoms with Gasteiger partial charge in [-0.15, -0.1) is 0 Å². The molecule has 1 aliphatic rings. The Morgan fingerprint density at radius 3 is 2.58 bits per heavy atom. The van der Waals surface area contributed by atoms with E-state index in [-0.39, 0.29) is 0 Å². The van der Waals surface area contributed by atoms with Crippen molar-refractivity contribution < 1.29 is 27.4 Å². The summed E-state index contributed by atoms with van der Waals surface area (Å²) in [7, 11) is 1.27. The molecule has 0 saturated carbocycles. The molecular weight excluding hydrogens is 358 g/mol. The Morgan fingerprint density at radius 1 is 1.31 bits per heavy atom. The molecule has 8 heteroatoms. The van der Waals surface area contributed by atoms with Crippen molar-refractivity contribution in [3.05, 3.63) is 29.8 Å². The Hall–Kier alpha value is -1.48. The van der Waals surface area contributed by atoms with E-state index in [0.29, 0.717) is 12.4 Å². The van der Waals surface area contributed by atoms with E-state index in [2.05, 4.69) is 4.72 Å². The maximum absolute atomic E-state index is 12.4. The summed E-state index contributed by atoms with van der Waals surface area (Å²) in [5, 5.41) is 0. The molecule has 146 valence electrons. The van der Waals surface area contributed by atoms with Crippen LogP contribution in [0, 0.1) is 6.92 Å². The predicted molar refractivity (Wildman–Crippen MR) is 97.6 cm³/mol. The van der Waals surface area contributed by atoms with Gasteiger partial charge in [-0.1, -0.05) is 17.7 Å². The van der Waals surface area contributed by atoms with Gasteiger partial charge < -0.3 is 18.4 Å². The molecule has 1 aromatic rings. The number of carbonyl (C=O) groups is 1. The second-order valence-corrected chi connectivity index (χ2v) is 7.59. The monoisotopic (exact) mass is 385 g/mol. The van der Waals surface area contributed by atoms with Crippen LogP contribution < -0.4 is 8.91 Å². The molecular formula is C18H27NO6S. The van der Waals surface area contributed by atoms with Gasteiger partial charge in [0.15, 0.2) is 6.29 Å². The van der Waals surface area contributed by atoms with Gasteiger partial charge >= 0.3 is 5.97 Å². The van der Waals surface area contributed by atoms with E-state index < -0.39 is 35.2 Å². The van der Waals surface area contributed by atoms with Gasteiger partial charge in [0.05, 0.1) is 12.7 Å². The summed E-state index contributed by atoms with van der Waals surface area (Å²) in [6.07, 6.45) is 2.34. The van der Waals surface area contributed by atoms with Crippen molar-refractivity contribution in [1.29, 1.82) is 0 Å². The number of esters is 1. The maximum atomic E-state index is 12.4. The molecule has 1 aliphatic heterocycles. The van der Waals surface area contributed by atoms with Crippen LogP contribution in [-0.2, 0) is 30.3 Å². The second kappa shape index (κ2) is 9.45. The van der Waals surface area contributed by atoms with Crippen molar-refractivity contribution in [3.63, 3.8) is 0 Å². The van der Waals surface area contributed by atoms with E-state index in [0.717, 1.165) is 24.8 Å². The van der Waals surface area contributed by atoms with E-state index in [1.165, 1.54) is 7.11 Å². The van der Waals surface area contributed by atoms with Crippen LogP contribution in [0.4, 0.5) is 0 Å². The van der Waals surface area contributed by atoms with Crippen LogP contribution in [0.25, 0.3) is 0 Å². The largest absolute Gasteiger partial charge is 0.468 e. The Balaban J connectivity index is 2.03. The summed E-state index contributed by atoms with van der Waals surface area (Å²) in [4.78, 5) is 12.2. The topological polar surface area (TPSA) is 83.1 Å². The maximum Gasteiger partial charge on any atom is 0.326 e. The highest BCUT2D eigenvalue weighted by Crippen LogP contribution is 2.24. The third-order valence-corrected chi connectivity index (χ3v) is 4.88. The predicted octanol–water partition coefficient (Wildman–Crippen LogP) is 2.41. The average Bonchev–Trinajstić information content (AvgIpc) is 2.61. The molecule has 2 rings (SSSR count). The van der Waals surface area contributed by atoms with Crippen LogP contribution in [0.1, 0.15) is 38.7 Å². The summed E-state index contributed by atoms with van der Waals surface area (Å²) in [5.41, 5.74) is 0.0482. The van der Waals surface area contributed by atoms with Crippen LogP contribution in [-0.4, -0.2) is 41.8 Å². The summed E-state index contributed by atoms with van der Waals surface area (Å²) < 4.78 is 36.7. The molecule has 0 aromatic heterocycles. The second-order valence-electron chi connectivity index (χ2n) is 6.72. The van der Waals surface area contributed by atoms with Crippen LogP contribution in [0.3, 0.4) is 0 Å². The van der Waals surface area contributed by atoms with Crippen LogP contribution in [0.15, 0.2) is 24.3 Å². The summed E-state index contributed by atoms with van der Waals surface area (Å²) >= 11 is -1.95. The molecule has 7 nitrogen and oxygen atoms in total. The molecule has 0 bridgehead atoms. The van der Waals surface area contributed by atoms with Gasteiger partial charge in [-0.25, -0.2) is 0 Å². The fraction of sp³-hybridized carbons (Fsp3) is 0.611. The zero-order valence-electron chi connectivity index (χ0n) is 15.7. The third-order valence-electron chi connectivity index (χ3n) is 4.11. The summed E-state index contributed by atoms with van der Waals surface area (Å²) in [5.74, 6) is -0.161. The number of rotatable bonds is 8. The lowest BCUT2D eigenvalue weighted by atomic mass is 9.99. The first kappa shape index (κ1) is 20.8. The minimum absolute atomic E-state index is 0.404. The Morgan fingerprint density at radius 2 is 2.00 bits per heavy atom. The lowest BCUT2D eigenvalue weighted by molar-refractivity contribution is -0.223. The third kappa shape index (κ3) is 6.05. The Kier molecular flexibility index (Phi) is 7.57. The van der Waals surface area contributed by atoms with E-state index in [1.54, 1.807) is 26.0 Å². The molecule has 0 aliphatic carbocycles. The SMILES string of the molecule is COC(=O)C(NS(=O)Oc1ccc(C)cc1)C(C)(C)OC1CCCCO1. The quantitative estimate of drug-likeness (QED) is 0.692. The lowest BCUT2D eigenvalue weighted by Crippen LogP contribution is -2.56. The van der Waals surface area contributed by atoms with Crippen LogP contribution in [0.2, 0.25) is 0 Å². The molecule has 0 radical (unpaired) electrons. The average molecular weight is 385 g/mol. The van der Waals surface area contributed by atoms with Crippen LogP contribution >= 0.6 is 0 Å². The zero-order valence-corrected chi connectivity index (χ0v) is 16.5. The van der Waals surface area contributed by atoms with Gasteiger partial charge in [0.25, 0.3) is 11.3 Å². The highest BCUT2D eigenvalue weighted by molar-refractivity contribution is 7.78. The van der Waals surface area contributed by atoms with Crippen molar-refractivity contribution in [1.82, 2.24) is 4.72 Å². The van der Waals surface area contributed by atoms with Gasteiger partial charge in [-0.3, -0.25) is 4.79 Å². The van der Waals surface area contributed by atoms with Crippen molar-refractivity contribution in [2.75, 3.05) is 13.7 Å². The molecule has 1 N–H and O–H groups in total. The molecule has 0 spiro atoms. The number of methoxy groups -OCH3 is 1. The van der Waals surface area contributed by atoms with Crippen molar-refractivity contribution >= 4 is 17.2 Å². The number of hydrogen-bond acceptors (Lipinski definition) is 6. The number of carbonyl (C=O) groups excluding carboxylic acids is 1. The minimum Gasteiger partial charge on any atom is -0.468 e. The molecule has 3 atom stereocenters. The minimum atomic E-state index is -1.95. The standard InChI is InChI=1S/C18H27NO6S/c1-13-8-10-14(11-9-13)25-26(21)19-16(17(20)22-4)18(2,3)24-15-7-5-6-12-23-15/h8-11,15-16,19H,5-7,12H2,1-4H3. The lowest BCUT2D eigenvalue weighted by Gasteiger charge is -2.36. The molecule has 1 saturated heterocycles. The van der Waals surface area contributed by atoms with Crippen LogP contribution in [0.5, 0.6) is 5.75 Å². The molecule has 26 heavy (non-hydrogen) atoms. The first-order valence-electron chi connectivity index (χ1n) is 8.62.